The van der Waals surface area contributed by atoms with Crippen LogP contribution >= 0.6 is 0 Å². The van der Waals surface area contributed by atoms with Gasteiger partial charge in [0.1, 0.15) is 0 Å². The molecule has 0 radical (unpaired) electrons. The van der Waals surface area contributed by atoms with Crippen molar-refractivity contribution in [3.8, 4) is 0 Å². The molecule has 0 aromatic heterocycles. The average molecular weight is 286 g/mol. The van der Waals surface area contributed by atoms with Crippen LogP contribution < -0.4 is 10.2 Å². The summed E-state index contributed by atoms with van der Waals surface area (Å²) in [5, 5.41) is 3.56. The van der Waals surface area contributed by atoms with Gasteiger partial charge in [-0.25, -0.2) is 0 Å². The largest absolute Gasteiger partial charge is 0.371 e. The number of piperidine rings is 1. The van der Waals surface area contributed by atoms with E-state index in [9.17, 15) is 0 Å². The fourth-order valence-electron chi connectivity index (χ4n) is 4.13. The maximum atomic E-state index is 3.56. The van der Waals surface area contributed by atoms with E-state index in [2.05, 4.69) is 48.3 Å². The molecule has 21 heavy (non-hydrogen) atoms. The molecule has 1 aromatic rings. The summed E-state index contributed by atoms with van der Waals surface area (Å²) in [4.78, 5) is 2.63. The van der Waals surface area contributed by atoms with Crippen LogP contribution in [0.2, 0.25) is 0 Å². The second-order valence-corrected chi connectivity index (χ2v) is 7.36. The Bertz CT molecular complexity index is 450. The first-order chi connectivity index (χ1) is 10.2. The molecule has 1 aliphatic carbocycles. The highest BCUT2D eigenvalue weighted by atomic mass is 15.1. The van der Waals surface area contributed by atoms with Gasteiger partial charge in [-0.2, -0.15) is 0 Å². The summed E-state index contributed by atoms with van der Waals surface area (Å²) >= 11 is 0. The SMILES string of the molecule is CC(C)NCc1ccccc1N1CCC2(CCCC2)CC1. The van der Waals surface area contributed by atoms with Gasteiger partial charge in [-0.1, -0.05) is 44.9 Å². The lowest BCUT2D eigenvalue weighted by Crippen LogP contribution is -2.39. The van der Waals surface area contributed by atoms with E-state index in [1.165, 1.54) is 62.9 Å². The van der Waals surface area contributed by atoms with Crippen molar-refractivity contribution < 1.29 is 0 Å². The van der Waals surface area contributed by atoms with Crippen LogP contribution in [0.15, 0.2) is 24.3 Å². The van der Waals surface area contributed by atoms with E-state index in [-0.39, 0.29) is 0 Å². The van der Waals surface area contributed by atoms with Gasteiger partial charge in [0.2, 0.25) is 0 Å². The normalized spacial score (nSPS) is 21.4. The van der Waals surface area contributed by atoms with Gasteiger partial charge in [-0.05, 0) is 42.7 Å². The molecule has 0 bridgehead atoms. The first-order valence-electron chi connectivity index (χ1n) is 8.75. The third-order valence-corrected chi connectivity index (χ3v) is 5.52. The summed E-state index contributed by atoms with van der Waals surface area (Å²) in [5.41, 5.74) is 3.62. The van der Waals surface area contributed by atoms with Gasteiger partial charge < -0.3 is 10.2 Å². The molecule has 1 aliphatic heterocycles. The van der Waals surface area contributed by atoms with E-state index in [1.807, 2.05) is 0 Å². The van der Waals surface area contributed by atoms with Crippen LogP contribution in [0.3, 0.4) is 0 Å². The van der Waals surface area contributed by atoms with E-state index >= 15 is 0 Å². The minimum absolute atomic E-state index is 0.543. The van der Waals surface area contributed by atoms with Gasteiger partial charge in [-0.15, -0.1) is 0 Å². The van der Waals surface area contributed by atoms with Crippen molar-refractivity contribution in [3.05, 3.63) is 29.8 Å². The lowest BCUT2D eigenvalue weighted by molar-refractivity contribution is 0.226. The van der Waals surface area contributed by atoms with Crippen molar-refractivity contribution in [2.45, 2.75) is 65.0 Å². The molecule has 3 rings (SSSR count). The first-order valence-corrected chi connectivity index (χ1v) is 8.75. The second-order valence-electron chi connectivity index (χ2n) is 7.36. The predicted molar refractivity (Wildman–Crippen MR) is 90.8 cm³/mol. The molecular formula is C19H30N2. The second kappa shape index (κ2) is 6.39. The zero-order chi connectivity index (χ0) is 14.7. The molecule has 2 nitrogen and oxygen atoms in total. The highest BCUT2D eigenvalue weighted by Crippen LogP contribution is 2.46. The van der Waals surface area contributed by atoms with E-state index in [4.69, 9.17) is 0 Å². The summed E-state index contributed by atoms with van der Waals surface area (Å²) in [7, 11) is 0. The topological polar surface area (TPSA) is 15.3 Å². The zero-order valence-corrected chi connectivity index (χ0v) is 13.7. The van der Waals surface area contributed by atoms with Gasteiger partial charge >= 0.3 is 0 Å². The number of benzene rings is 1. The van der Waals surface area contributed by atoms with Crippen molar-refractivity contribution in [1.82, 2.24) is 5.32 Å². The molecule has 0 atom stereocenters. The first kappa shape index (κ1) is 14.9. The maximum Gasteiger partial charge on any atom is 0.0411 e. The van der Waals surface area contributed by atoms with Crippen molar-refractivity contribution in [3.63, 3.8) is 0 Å². The van der Waals surface area contributed by atoms with Crippen LogP contribution in [-0.4, -0.2) is 19.1 Å². The summed E-state index contributed by atoms with van der Waals surface area (Å²) in [6, 6.07) is 9.49. The van der Waals surface area contributed by atoms with Gasteiger partial charge in [0.25, 0.3) is 0 Å². The monoisotopic (exact) mass is 286 g/mol. The van der Waals surface area contributed by atoms with Gasteiger partial charge in [0.15, 0.2) is 0 Å². The molecule has 1 heterocycles. The van der Waals surface area contributed by atoms with Gasteiger partial charge in [0, 0.05) is 31.4 Å². The highest BCUT2D eigenvalue weighted by Gasteiger charge is 2.37. The van der Waals surface area contributed by atoms with E-state index in [1.54, 1.807) is 0 Å². The average Bonchev–Trinajstić information content (AvgIpc) is 2.95. The fraction of sp³-hybridized carbons (Fsp3) is 0.684. The molecule has 2 fully saturated rings. The summed E-state index contributed by atoms with van der Waals surface area (Å²) in [6.45, 7) is 7.91. The Labute approximate surface area is 129 Å². The molecule has 1 spiro atoms. The van der Waals surface area contributed by atoms with Gasteiger partial charge in [-0.3, -0.25) is 0 Å². The van der Waals surface area contributed by atoms with Crippen LogP contribution in [0.5, 0.6) is 0 Å². The standard InChI is InChI=1S/C19H30N2/c1-16(2)20-15-17-7-3-4-8-18(17)21-13-11-19(12-14-21)9-5-6-10-19/h3-4,7-8,16,20H,5-6,9-15H2,1-2H3. The molecule has 1 aromatic carbocycles. The number of hydrogen-bond acceptors (Lipinski definition) is 2. The van der Waals surface area contributed by atoms with Crippen LogP contribution in [0.4, 0.5) is 5.69 Å². The molecular weight excluding hydrogens is 256 g/mol. The maximum absolute atomic E-state index is 3.56. The summed E-state index contributed by atoms with van der Waals surface area (Å²) in [5.74, 6) is 0. The number of anilines is 1. The highest BCUT2D eigenvalue weighted by molar-refractivity contribution is 5.54. The lowest BCUT2D eigenvalue weighted by atomic mass is 9.77. The molecule has 116 valence electrons. The van der Waals surface area contributed by atoms with E-state index in [0.29, 0.717) is 11.5 Å². The lowest BCUT2D eigenvalue weighted by Gasteiger charge is -2.41. The number of para-hydroxylation sites is 1. The summed E-state index contributed by atoms with van der Waals surface area (Å²) < 4.78 is 0. The third-order valence-electron chi connectivity index (χ3n) is 5.52. The van der Waals surface area contributed by atoms with Crippen molar-refractivity contribution in [1.29, 1.82) is 0 Å². The molecule has 1 saturated heterocycles. The van der Waals surface area contributed by atoms with Crippen molar-refractivity contribution in [2.75, 3.05) is 18.0 Å². The predicted octanol–water partition coefficient (Wildman–Crippen LogP) is 4.35. The fourth-order valence-corrected chi connectivity index (χ4v) is 4.13. The Hall–Kier alpha value is -1.02. The summed E-state index contributed by atoms with van der Waals surface area (Å²) in [6.07, 6.45) is 8.70. The van der Waals surface area contributed by atoms with Crippen LogP contribution in [0, 0.1) is 5.41 Å². The molecule has 0 amide bonds. The van der Waals surface area contributed by atoms with E-state index < -0.39 is 0 Å². The van der Waals surface area contributed by atoms with Gasteiger partial charge in [0.05, 0.1) is 0 Å². The Morgan fingerprint density at radius 3 is 2.38 bits per heavy atom. The van der Waals surface area contributed by atoms with Crippen LogP contribution in [-0.2, 0) is 6.54 Å². The number of nitrogens with one attached hydrogen (secondary N) is 1. The number of rotatable bonds is 4. The Balaban J connectivity index is 1.67. The molecule has 2 heteroatoms. The van der Waals surface area contributed by atoms with Crippen molar-refractivity contribution >= 4 is 5.69 Å². The van der Waals surface area contributed by atoms with E-state index in [0.717, 1.165) is 6.54 Å². The smallest absolute Gasteiger partial charge is 0.0411 e. The molecule has 2 aliphatic rings. The number of nitrogens with zero attached hydrogens (tertiary/aromatic N) is 1. The minimum Gasteiger partial charge on any atom is -0.371 e. The Kier molecular flexibility index (Phi) is 4.54. The third kappa shape index (κ3) is 3.42. The molecule has 0 unspecified atom stereocenters. The quantitative estimate of drug-likeness (QED) is 0.885. The molecule has 1 N–H and O–H groups in total. The van der Waals surface area contributed by atoms with Crippen LogP contribution in [0.25, 0.3) is 0 Å². The number of hydrogen-bond donors (Lipinski definition) is 1. The van der Waals surface area contributed by atoms with Crippen LogP contribution in [0.1, 0.15) is 57.9 Å². The minimum atomic E-state index is 0.543. The molecule has 1 saturated carbocycles. The van der Waals surface area contributed by atoms with Crippen molar-refractivity contribution in [2.24, 2.45) is 5.41 Å². The Morgan fingerprint density at radius 2 is 1.71 bits per heavy atom. The zero-order valence-electron chi connectivity index (χ0n) is 13.7. The Morgan fingerprint density at radius 1 is 1.05 bits per heavy atom.